The minimum Gasteiger partial charge on any atom is -0.493 e. The van der Waals surface area contributed by atoms with Gasteiger partial charge in [0.2, 0.25) is 5.91 Å². The quantitative estimate of drug-likeness (QED) is 0.653. The zero-order chi connectivity index (χ0) is 16.8. The molecule has 1 N–H and O–H groups in total. The molecule has 0 aliphatic heterocycles. The molecule has 0 bridgehead atoms. The molecule has 3 aromatic rings. The molecule has 0 atom stereocenters. The predicted octanol–water partition coefficient (Wildman–Crippen LogP) is 4.95. The number of anilines is 1. The number of ether oxygens (including phenoxy) is 1. The van der Waals surface area contributed by atoms with Crippen LogP contribution in [0.25, 0.3) is 10.8 Å². The maximum atomic E-state index is 12.0. The van der Waals surface area contributed by atoms with Gasteiger partial charge in [0.25, 0.3) is 0 Å². The third-order valence-corrected chi connectivity index (χ3v) is 3.97. The molecule has 0 radical (unpaired) electrons. The summed E-state index contributed by atoms with van der Waals surface area (Å²) in [4.78, 5) is 12.0. The molecule has 1 amide bonds. The highest BCUT2D eigenvalue weighted by Crippen LogP contribution is 2.25. The summed E-state index contributed by atoms with van der Waals surface area (Å²) >= 11 is 0. The van der Waals surface area contributed by atoms with E-state index in [1.807, 2.05) is 55.5 Å². The molecule has 122 valence electrons. The molecular formula is C21H21NO2. The SMILES string of the molecule is Cc1ccccc1NC(=O)CCCOc1cccc2ccccc12. The molecule has 0 aliphatic carbocycles. The standard InChI is InChI=1S/C21H21NO2/c1-16-8-2-5-12-19(16)22-21(23)14-7-15-24-20-13-6-10-17-9-3-4-11-18(17)20/h2-6,8-13H,7,14-15H2,1H3,(H,22,23). The predicted molar refractivity (Wildman–Crippen MR) is 98.5 cm³/mol. The molecule has 24 heavy (non-hydrogen) atoms. The fraction of sp³-hybridized carbons (Fsp3) is 0.190. The number of rotatable bonds is 6. The van der Waals surface area contributed by atoms with Crippen molar-refractivity contribution in [2.45, 2.75) is 19.8 Å². The average molecular weight is 319 g/mol. The molecule has 3 heteroatoms. The van der Waals surface area contributed by atoms with Gasteiger partial charge >= 0.3 is 0 Å². The zero-order valence-corrected chi connectivity index (χ0v) is 13.8. The summed E-state index contributed by atoms with van der Waals surface area (Å²) in [6.45, 7) is 2.51. The molecule has 0 aromatic heterocycles. The summed E-state index contributed by atoms with van der Waals surface area (Å²) in [5.41, 5.74) is 1.94. The first-order valence-corrected chi connectivity index (χ1v) is 8.20. The van der Waals surface area contributed by atoms with E-state index in [0.717, 1.165) is 27.8 Å². The Morgan fingerprint density at radius 1 is 0.958 bits per heavy atom. The summed E-state index contributed by atoms with van der Waals surface area (Å²) in [5.74, 6) is 0.887. The Kier molecular flexibility index (Phi) is 5.12. The second-order valence-corrected chi connectivity index (χ2v) is 5.79. The lowest BCUT2D eigenvalue weighted by molar-refractivity contribution is -0.116. The molecule has 0 aliphatic rings. The van der Waals surface area contributed by atoms with Gasteiger partial charge in [-0.3, -0.25) is 4.79 Å². The van der Waals surface area contributed by atoms with Crippen molar-refractivity contribution in [3.63, 3.8) is 0 Å². The van der Waals surface area contributed by atoms with Gasteiger partial charge in [-0.2, -0.15) is 0 Å². The van der Waals surface area contributed by atoms with Crippen LogP contribution >= 0.6 is 0 Å². The summed E-state index contributed by atoms with van der Waals surface area (Å²) in [6, 6.07) is 21.9. The van der Waals surface area contributed by atoms with Crippen molar-refractivity contribution < 1.29 is 9.53 Å². The third-order valence-electron chi connectivity index (χ3n) is 3.97. The minimum absolute atomic E-state index is 0.0193. The Hall–Kier alpha value is -2.81. The fourth-order valence-electron chi connectivity index (χ4n) is 2.66. The van der Waals surface area contributed by atoms with Gasteiger partial charge in [-0.15, -0.1) is 0 Å². The van der Waals surface area contributed by atoms with Gasteiger partial charge in [0, 0.05) is 17.5 Å². The van der Waals surface area contributed by atoms with Crippen LogP contribution in [-0.2, 0) is 4.79 Å². The van der Waals surface area contributed by atoms with Crippen molar-refractivity contribution in [1.29, 1.82) is 0 Å². The highest BCUT2D eigenvalue weighted by atomic mass is 16.5. The smallest absolute Gasteiger partial charge is 0.224 e. The Bertz CT molecular complexity index is 837. The highest BCUT2D eigenvalue weighted by molar-refractivity contribution is 5.91. The van der Waals surface area contributed by atoms with Crippen LogP contribution in [0, 0.1) is 6.92 Å². The number of carbonyl (C=O) groups excluding carboxylic acids is 1. The van der Waals surface area contributed by atoms with E-state index in [-0.39, 0.29) is 5.91 Å². The first kappa shape index (κ1) is 16.1. The van der Waals surface area contributed by atoms with Crippen LogP contribution in [0.1, 0.15) is 18.4 Å². The van der Waals surface area contributed by atoms with Crippen molar-refractivity contribution in [1.82, 2.24) is 0 Å². The van der Waals surface area contributed by atoms with Crippen molar-refractivity contribution in [3.05, 3.63) is 72.3 Å². The molecule has 0 saturated heterocycles. The number of para-hydroxylation sites is 1. The average Bonchev–Trinajstić information content (AvgIpc) is 2.61. The fourth-order valence-corrected chi connectivity index (χ4v) is 2.66. The highest BCUT2D eigenvalue weighted by Gasteiger charge is 2.05. The van der Waals surface area contributed by atoms with Gasteiger partial charge in [0.15, 0.2) is 0 Å². The normalized spacial score (nSPS) is 10.5. The Balaban J connectivity index is 1.50. The number of amides is 1. The second kappa shape index (κ2) is 7.64. The topological polar surface area (TPSA) is 38.3 Å². The lowest BCUT2D eigenvalue weighted by atomic mass is 10.1. The van der Waals surface area contributed by atoms with Gasteiger partial charge in [-0.1, -0.05) is 54.6 Å². The van der Waals surface area contributed by atoms with E-state index in [1.54, 1.807) is 0 Å². The first-order valence-electron chi connectivity index (χ1n) is 8.20. The van der Waals surface area contributed by atoms with Crippen LogP contribution in [0.15, 0.2) is 66.7 Å². The number of benzene rings is 3. The maximum absolute atomic E-state index is 12.0. The second-order valence-electron chi connectivity index (χ2n) is 5.79. The molecule has 0 heterocycles. The first-order chi connectivity index (χ1) is 11.7. The van der Waals surface area contributed by atoms with Crippen molar-refractivity contribution in [2.75, 3.05) is 11.9 Å². The van der Waals surface area contributed by atoms with E-state index in [0.29, 0.717) is 19.4 Å². The van der Waals surface area contributed by atoms with Crippen molar-refractivity contribution in [2.24, 2.45) is 0 Å². The molecule has 3 aromatic carbocycles. The van der Waals surface area contributed by atoms with E-state index in [4.69, 9.17) is 4.74 Å². The van der Waals surface area contributed by atoms with Crippen LogP contribution in [0.5, 0.6) is 5.75 Å². The summed E-state index contributed by atoms with van der Waals surface area (Å²) in [5, 5.41) is 5.20. The van der Waals surface area contributed by atoms with Gasteiger partial charge in [0.1, 0.15) is 5.75 Å². The molecule has 3 rings (SSSR count). The molecular weight excluding hydrogens is 298 g/mol. The van der Waals surface area contributed by atoms with E-state index < -0.39 is 0 Å². The molecule has 0 spiro atoms. The Morgan fingerprint density at radius 3 is 2.58 bits per heavy atom. The van der Waals surface area contributed by atoms with Crippen LogP contribution in [0.2, 0.25) is 0 Å². The number of aryl methyl sites for hydroxylation is 1. The number of nitrogens with one attached hydrogen (secondary N) is 1. The van der Waals surface area contributed by atoms with E-state index in [1.165, 1.54) is 0 Å². The van der Waals surface area contributed by atoms with Crippen LogP contribution in [0.4, 0.5) is 5.69 Å². The van der Waals surface area contributed by atoms with E-state index in [2.05, 4.69) is 23.5 Å². The van der Waals surface area contributed by atoms with Crippen LogP contribution in [0.3, 0.4) is 0 Å². The van der Waals surface area contributed by atoms with Crippen LogP contribution in [-0.4, -0.2) is 12.5 Å². The van der Waals surface area contributed by atoms with Gasteiger partial charge < -0.3 is 10.1 Å². The van der Waals surface area contributed by atoms with Gasteiger partial charge in [0.05, 0.1) is 6.61 Å². The molecule has 3 nitrogen and oxygen atoms in total. The third kappa shape index (κ3) is 3.93. The van der Waals surface area contributed by atoms with Gasteiger partial charge in [-0.25, -0.2) is 0 Å². The zero-order valence-electron chi connectivity index (χ0n) is 13.8. The lowest BCUT2D eigenvalue weighted by Crippen LogP contribution is -2.13. The maximum Gasteiger partial charge on any atom is 0.224 e. The minimum atomic E-state index is 0.0193. The largest absolute Gasteiger partial charge is 0.493 e. The van der Waals surface area contributed by atoms with E-state index in [9.17, 15) is 4.79 Å². The lowest BCUT2D eigenvalue weighted by Gasteiger charge is -2.10. The monoisotopic (exact) mass is 319 g/mol. The van der Waals surface area contributed by atoms with Crippen molar-refractivity contribution in [3.8, 4) is 5.75 Å². The molecule has 0 saturated carbocycles. The van der Waals surface area contributed by atoms with Gasteiger partial charge in [-0.05, 0) is 36.4 Å². The summed E-state index contributed by atoms with van der Waals surface area (Å²) in [7, 11) is 0. The number of hydrogen-bond donors (Lipinski definition) is 1. The Morgan fingerprint density at radius 2 is 1.71 bits per heavy atom. The van der Waals surface area contributed by atoms with E-state index >= 15 is 0 Å². The Labute approximate surface area is 142 Å². The van der Waals surface area contributed by atoms with Crippen molar-refractivity contribution >= 4 is 22.4 Å². The number of hydrogen-bond acceptors (Lipinski definition) is 2. The number of fused-ring (bicyclic) bond motifs is 1. The van der Waals surface area contributed by atoms with Crippen LogP contribution < -0.4 is 10.1 Å². The summed E-state index contributed by atoms with van der Waals surface area (Å²) in [6.07, 6.45) is 1.13. The number of carbonyl (C=O) groups is 1. The molecule has 0 unspecified atom stereocenters. The summed E-state index contributed by atoms with van der Waals surface area (Å²) < 4.78 is 5.86. The molecule has 0 fully saturated rings.